The number of fused-ring (bicyclic) bond motifs is 2. The predicted octanol–water partition coefficient (Wildman–Crippen LogP) is 5.78. The first kappa shape index (κ1) is 29.6. The van der Waals surface area contributed by atoms with Crippen LogP contribution >= 0.6 is 49.9 Å². The Bertz CT molecular complexity index is 1940. The molecule has 0 saturated heterocycles. The zero-order valence-corrected chi connectivity index (χ0v) is 28.0. The summed E-state index contributed by atoms with van der Waals surface area (Å²) in [5.74, 6) is 1.66. The van der Waals surface area contributed by atoms with Gasteiger partial charge in [0.1, 0.15) is 12.4 Å². The van der Waals surface area contributed by atoms with Crippen LogP contribution in [0.25, 0.3) is 6.08 Å². The third-order valence-electron chi connectivity index (χ3n) is 7.05. The van der Waals surface area contributed by atoms with Gasteiger partial charge in [-0.25, -0.2) is 9.79 Å². The maximum absolute atomic E-state index is 13.9. The van der Waals surface area contributed by atoms with Crippen molar-refractivity contribution in [1.82, 2.24) is 4.57 Å². The molecule has 0 amide bonds. The van der Waals surface area contributed by atoms with Gasteiger partial charge in [-0.05, 0) is 106 Å². The maximum atomic E-state index is 13.9. The molecule has 0 fully saturated rings. The summed E-state index contributed by atoms with van der Waals surface area (Å²) < 4.78 is 26.1. The van der Waals surface area contributed by atoms with E-state index in [1.54, 1.807) is 18.4 Å². The highest BCUT2D eigenvalue weighted by Gasteiger charge is 2.33. The van der Waals surface area contributed by atoms with Crippen molar-refractivity contribution in [2.75, 3.05) is 13.4 Å². The molecule has 1 atom stereocenters. The first-order valence-corrected chi connectivity index (χ1v) is 16.2. The minimum absolute atomic E-state index is 0.223. The van der Waals surface area contributed by atoms with Crippen molar-refractivity contribution in [3.8, 4) is 17.2 Å². The second-order valence-electron chi connectivity index (χ2n) is 10.0. The summed E-state index contributed by atoms with van der Waals surface area (Å²) in [6.07, 6.45) is 1.84. The second kappa shape index (κ2) is 12.3. The molecule has 4 aromatic rings. The van der Waals surface area contributed by atoms with E-state index in [4.69, 9.17) is 18.9 Å². The fourth-order valence-electron chi connectivity index (χ4n) is 4.99. The summed E-state index contributed by atoms with van der Waals surface area (Å²) in [4.78, 5) is 32.2. The molecule has 8 nitrogen and oxygen atoms in total. The fraction of sp³-hybridized carbons (Fsp3) is 0.219. The van der Waals surface area contributed by atoms with Gasteiger partial charge in [0.2, 0.25) is 6.79 Å². The molecule has 11 heteroatoms. The summed E-state index contributed by atoms with van der Waals surface area (Å²) in [5, 5.41) is 0. The number of nitrogens with zero attached hydrogens (tertiary/aromatic N) is 2. The van der Waals surface area contributed by atoms with Crippen molar-refractivity contribution in [3.05, 3.63) is 116 Å². The number of carbonyl (C=O) groups is 1. The predicted molar refractivity (Wildman–Crippen MR) is 175 cm³/mol. The lowest BCUT2D eigenvalue weighted by atomic mass is 9.95. The van der Waals surface area contributed by atoms with Crippen LogP contribution in [0.4, 0.5) is 0 Å². The Labute approximate surface area is 273 Å². The Kier molecular flexibility index (Phi) is 8.47. The van der Waals surface area contributed by atoms with E-state index in [2.05, 4.69) is 43.5 Å². The van der Waals surface area contributed by atoms with Crippen LogP contribution in [-0.4, -0.2) is 23.9 Å². The fourth-order valence-corrected chi connectivity index (χ4v) is 7.81. The smallest absolute Gasteiger partial charge is 0.338 e. The van der Waals surface area contributed by atoms with Gasteiger partial charge in [-0.3, -0.25) is 9.36 Å². The lowest BCUT2D eigenvalue weighted by molar-refractivity contribution is -0.139. The number of aromatic nitrogens is 1. The monoisotopic (exact) mass is 772 g/mol. The molecule has 0 bridgehead atoms. The molecule has 0 N–H and O–H groups in total. The Balaban J connectivity index is 1.35. The molecule has 2 aliphatic rings. The van der Waals surface area contributed by atoms with Crippen LogP contribution in [0.15, 0.2) is 80.1 Å². The first-order chi connectivity index (χ1) is 20.7. The van der Waals surface area contributed by atoms with E-state index < -0.39 is 12.0 Å². The van der Waals surface area contributed by atoms with Crippen LogP contribution in [0.5, 0.6) is 17.2 Å². The van der Waals surface area contributed by atoms with Crippen LogP contribution in [0.2, 0.25) is 0 Å². The Morgan fingerprint density at radius 2 is 1.91 bits per heavy atom. The molecule has 6 rings (SSSR count). The van der Waals surface area contributed by atoms with Crippen molar-refractivity contribution < 1.29 is 23.7 Å². The molecule has 220 valence electrons. The molecule has 1 aromatic heterocycles. The molecular weight excluding hydrogens is 747 g/mol. The third-order valence-corrected chi connectivity index (χ3v) is 9.42. The normalized spacial score (nSPS) is 15.7. The highest BCUT2D eigenvalue weighted by molar-refractivity contribution is 14.1. The average Bonchev–Trinajstić information content (AvgIpc) is 3.56. The molecular formula is C32H26BrIN2O6S. The van der Waals surface area contributed by atoms with Gasteiger partial charge in [0.05, 0.1) is 36.5 Å². The third kappa shape index (κ3) is 5.89. The summed E-state index contributed by atoms with van der Waals surface area (Å²) >= 11 is 7.17. The standard InChI is InChI=1S/C32H26BrIN2O6S/c1-4-39-31(38)27-18(3)35-32-36(28(27)21-8-5-17(2)6-9-21)30(37)26(43-32)14-20-11-22(33)29(23(34)12-20)40-15-19-7-10-24-25(13-19)42-16-41-24/h5-14,28H,4,15-16H2,1-3H3/b26-14+/t28-/m0/s1. The number of thiazole rings is 1. The number of allylic oxidation sites excluding steroid dienone is 1. The summed E-state index contributed by atoms with van der Waals surface area (Å²) in [5.41, 5.74) is 4.36. The summed E-state index contributed by atoms with van der Waals surface area (Å²) in [6.45, 7) is 6.34. The lowest BCUT2D eigenvalue weighted by Gasteiger charge is -2.24. The summed E-state index contributed by atoms with van der Waals surface area (Å²) in [6, 6.07) is 16.8. The van der Waals surface area contributed by atoms with Crippen LogP contribution in [0.3, 0.4) is 0 Å². The highest BCUT2D eigenvalue weighted by Crippen LogP contribution is 2.36. The number of aryl methyl sites for hydroxylation is 1. The number of hydrogen-bond acceptors (Lipinski definition) is 8. The molecule has 0 unspecified atom stereocenters. The van der Waals surface area contributed by atoms with Gasteiger partial charge in [-0.2, -0.15) is 0 Å². The molecule has 2 aliphatic heterocycles. The van der Waals surface area contributed by atoms with Crippen molar-refractivity contribution in [2.24, 2.45) is 4.99 Å². The highest BCUT2D eigenvalue weighted by atomic mass is 127. The van der Waals surface area contributed by atoms with E-state index in [9.17, 15) is 9.59 Å². The van der Waals surface area contributed by atoms with Crippen LogP contribution in [0, 0.1) is 10.5 Å². The van der Waals surface area contributed by atoms with E-state index in [1.807, 2.05) is 67.6 Å². The zero-order valence-electron chi connectivity index (χ0n) is 23.5. The number of rotatable bonds is 7. The van der Waals surface area contributed by atoms with Gasteiger partial charge in [-0.15, -0.1) is 0 Å². The SMILES string of the molecule is CCOC(=O)C1=C(C)N=c2s/c(=C/c3cc(Br)c(OCc4ccc5c(c4)OCO5)c(I)c3)c(=O)n2[C@H]1c1ccc(C)cc1. The lowest BCUT2D eigenvalue weighted by Crippen LogP contribution is -2.39. The van der Waals surface area contributed by atoms with E-state index in [0.717, 1.165) is 36.0 Å². The number of esters is 1. The minimum atomic E-state index is -0.642. The van der Waals surface area contributed by atoms with Gasteiger partial charge in [0, 0.05) is 0 Å². The Morgan fingerprint density at radius 3 is 2.65 bits per heavy atom. The van der Waals surface area contributed by atoms with E-state index in [-0.39, 0.29) is 19.0 Å². The Hall–Kier alpha value is -3.42. The maximum Gasteiger partial charge on any atom is 0.338 e. The molecule has 0 radical (unpaired) electrons. The largest absolute Gasteiger partial charge is 0.487 e. The topological polar surface area (TPSA) is 88.4 Å². The van der Waals surface area contributed by atoms with Gasteiger partial charge in [0.25, 0.3) is 5.56 Å². The molecule has 0 spiro atoms. The minimum Gasteiger partial charge on any atom is -0.487 e. The average molecular weight is 773 g/mol. The quantitative estimate of drug-likeness (QED) is 0.175. The van der Waals surface area contributed by atoms with Crippen LogP contribution in [-0.2, 0) is 16.1 Å². The molecule has 0 saturated carbocycles. The zero-order chi connectivity index (χ0) is 30.2. The van der Waals surface area contributed by atoms with Gasteiger partial charge >= 0.3 is 5.97 Å². The van der Waals surface area contributed by atoms with Crippen molar-refractivity contribution in [1.29, 1.82) is 0 Å². The second-order valence-corrected chi connectivity index (χ2v) is 13.0. The number of hydrogen-bond donors (Lipinski definition) is 0. The number of benzene rings is 3. The van der Waals surface area contributed by atoms with Crippen LogP contribution < -0.4 is 29.1 Å². The Morgan fingerprint density at radius 1 is 1.14 bits per heavy atom. The summed E-state index contributed by atoms with van der Waals surface area (Å²) in [7, 11) is 0. The van der Waals surface area contributed by atoms with Gasteiger partial charge in [-0.1, -0.05) is 47.2 Å². The molecule has 0 aliphatic carbocycles. The van der Waals surface area contributed by atoms with Crippen molar-refractivity contribution >= 4 is 61.9 Å². The van der Waals surface area contributed by atoms with E-state index >= 15 is 0 Å². The van der Waals surface area contributed by atoms with E-state index in [1.165, 1.54) is 11.3 Å². The van der Waals surface area contributed by atoms with E-state index in [0.29, 0.717) is 38.7 Å². The number of carbonyl (C=O) groups excluding carboxylic acids is 1. The molecule has 3 heterocycles. The van der Waals surface area contributed by atoms with Crippen LogP contribution in [0.1, 0.15) is 42.1 Å². The van der Waals surface area contributed by atoms with Gasteiger partial charge < -0.3 is 18.9 Å². The van der Waals surface area contributed by atoms with Gasteiger partial charge in [0.15, 0.2) is 16.3 Å². The first-order valence-electron chi connectivity index (χ1n) is 13.5. The molecule has 3 aromatic carbocycles. The number of ether oxygens (including phenoxy) is 4. The number of halogens is 2. The molecule has 43 heavy (non-hydrogen) atoms. The van der Waals surface area contributed by atoms with Crippen molar-refractivity contribution in [2.45, 2.75) is 33.4 Å². The van der Waals surface area contributed by atoms with Crippen molar-refractivity contribution in [3.63, 3.8) is 0 Å².